The molecule has 9 nitrogen and oxygen atoms in total. The van der Waals surface area contributed by atoms with E-state index in [0.29, 0.717) is 51.1 Å². The molecule has 0 bridgehead atoms. The number of aromatic nitrogens is 2. The highest BCUT2D eigenvalue weighted by Gasteiger charge is 2.49. The molecule has 2 amide bonds. The number of halogens is 3. The fourth-order valence-electron chi connectivity index (χ4n) is 6.20. The predicted molar refractivity (Wildman–Crippen MR) is 141 cm³/mol. The van der Waals surface area contributed by atoms with Crippen molar-refractivity contribution in [1.82, 2.24) is 24.5 Å². The molecule has 0 spiro atoms. The maximum atomic E-state index is 15.4. The molecule has 3 atom stereocenters. The molecular weight excluding hydrogens is 539 g/mol. The number of ether oxygens (including phenoxy) is 1. The number of rotatable bonds is 4. The van der Waals surface area contributed by atoms with Crippen LogP contribution in [0.2, 0.25) is 0 Å². The van der Waals surface area contributed by atoms with Gasteiger partial charge in [0.2, 0.25) is 11.2 Å². The summed E-state index contributed by atoms with van der Waals surface area (Å²) in [5.74, 6) is -4.78. The molecular formula is C29H28F3N5O4. The molecule has 12 heteroatoms. The first-order valence-corrected chi connectivity index (χ1v) is 13.5. The summed E-state index contributed by atoms with van der Waals surface area (Å²) in [5, 5.41) is 4.28. The number of amides is 2. The lowest BCUT2D eigenvalue weighted by Crippen LogP contribution is -2.52. The van der Waals surface area contributed by atoms with Crippen molar-refractivity contribution in [3.63, 3.8) is 0 Å². The van der Waals surface area contributed by atoms with E-state index in [0.717, 1.165) is 12.3 Å². The molecule has 2 saturated heterocycles. The number of hydrogen-bond donors (Lipinski definition) is 0. The summed E-state index contributed by atoms with van der Waals surface area (Å²) >= 11 is 0. The zero-order chi connectivity index (χ0) is 28.8. The van der Waals surface area contributed by atoms with E-state index in [2.05, 4.69) is 5.10 Å². The van der Waals surface area contributed by atoms with Gasteiger partial charge in [0.05, 0.1) is 18.3 Å². The van der Waals surface area contributed by atoms with Crippen LogP contribution in [0.3, 0.4) is 0 Å². The summed E-state index contributed by atoms with van der Waals surface area (Å²) in [6, 6.07) is 7.93. The molecule has 3 aliphatic heterocycles. The Morgan fingerprint density at radius 3 is 2.54 bits per heavy atom. The summed E-state index contributed by atoms with van der Waals surface area (Å²) in [7, 11) is 1.93. The van der Waals surface area contributed by atoms with Crippen molar-refractivity contribution in [1.29, 1.82) is 0 Å². The molecule has 2 aromatic carbocycles. The molecule has 0 aliphatic carbocycles. The van der Waals surface area contributed by atoms with Gasteiger partial charge in [-0.3, -0.25) is 9.59 Å². The average Bonchev–Trinajstić information content (AvgIpc) is 3.45. The molecule has 41 heavy (non-hydrogen) atoms. The molecule has 3 aromatic rings. The maximum Gasteiger partial charge on any atom is 0.415 e. The Morgan fingerprint density at radius 2 is 1.78 bits per heavy atom. The van der Waals surface area contributed by atoms with Crippen molar-refractivity contribution < 1.29 is 27.5 Å². The molecule has 0 radical (unpaired) electrons. The van der Waals surface area contributed by atoms with Gasteiger partial charge in [-0.2, -0.15) is 5.10 Å². The van der Waals surface area contributed by atoms with Gasteiger partial charge < -0.3 is 19.4 Å². The number of fused-ring (bicyclic) bond motifs is 2. The second-order valence-electron chi connectivity index (χ2n) is 10.7. The number of nitrogens with zero attached hydrogens (tertiary/aromatic N) is 5. The minimum atomic E-state index is -1.10. The van der Waals surface area contributed by atoms with Gasteiger partial charge in [-0.15, -0.1) is 0 Å². The van der Waals surface area contributed by atoms with Gasteiger partial charge in [-0.25, -0.2) is 22.6 Å². The normalized spacial score (nSPS) is 21.4. The highest BCUT2D eigenvalue weighted by molar-refractivity contribution is 5.97. The fourth-order valence-corrected chi connectivity index (χ4v) is 6.20. The van der Waals surface area contributed by atoms with Gasteiger partial charge in [0.1, 0.15) is 5.82 Å². The zero-order valence-electron chi connectivity index (χ0n) is 22.3. The topological polar surface area (TPSA) is 88.0 Å². The summed E-state index contributed by atoms with van der Waals surface area (Å²) in [5.41, 5.74) is -0.726. The Hall–Kier alpha value is -4.19. The minimum Gasteiger partial charge on any atom is -0.403 e. The number of carbonyl (C=O) groups is 2. The molecule has 0 unspecified atom stereocenters. The second-order valence-corrected chi connectivity index (χ2v) is 10.7. The van der Waals surface area contributed by atoms with E-state index in [-0.39, 0.29) is 11.3 Å². The molecule has 1 aromatic heterocycles. The van der Waals surface area contributed by atoms with E-state index in [1.807, 2.05) is 11.9 Å². The Kier molecular flexibility index (Phi) is 7.02. The Morgan fingerprint density at radius 1 is 1.02 bits per heavy atom. The smallest absolute Gasteiger partial charge is 0.403 e. The monoisotopic (exact) mass is 567 g/mol. The number of likely N-dealkylation sites (N-methyl/N-ethyl adjacent to an activating group) is 1. The van der Waals surface area contributed by atoms with E-state index in [1.54, 1.807) is 11.0 Å². The average molecular weight is 568 g/mol. The maximum absolute atomic E-state index is 15.4. The highest BCUT2D eigenvalue weighted by atomic mass is 19.2. The van der Waals surface area contributed by atoms with Crippen LogP contribution < -0.4 is 10.2 Å². The minimum absolute atomic E-state index is 0.0516. The largest absolute Gasteiger partial charge is 0.415 e. The lowest BCUT2D eigenvalue weighted by atomic mass is 9.79. The Balaban J connectivity index is 1.52. The van der Waals surface area contributed by atoms with Crippen LogP contribution >= 0.6 is 0 Å². The van der Waals surface area contributed by atoms with Gasteiger partial charge in [0.15, 0.2) is 17.3 Å². The van der Waals surface area contributed by atoms with E-state index in [9.17, 15) is 23.2 Å². The fraction of sp³-hybridized carbons (Fsp3) is 0.379. The second kappa shape index (κ2) is 10.7. The standard InChI is InChI=1S/C29H28F3N5O4/c1-34-11-13-35(14-12-34)29(40)41-27-22(38)16-33-37-25(21-9-4-10-36(21)28(39)26(27)37)23(17-5-2-6-18(30)15-17)19-7-3-8-20(31)24(19)32/h2-3,5-8,15-16,21,23,25H,4,9-14H2,1H3/t21-,23-,25-/m1/s1. The molecule has 0 saturated carbocycles. The number of piperazine rings is 1. The highest BCUT2D eigenvalue weighted by Crippen LogP contribution is 2.46. The van der Waals surface area contributed by atoms with Gasteiger partial charge in [-0.1, -0.05) is 24.3 Å². The first kappa shape index (κ1) is 27.0. The van der Waals surface area contributed by atoms with Crippen LogP contribution in [-0.2, 0) is 0 Å². The quantitative estimate of drug-likeness (QED) is 0.481. The number of benzene rings is 2. The van der Waals surface area contributed by atoms with E-state index in [4.69, 9.17) is 4.74 Å². The van der Waals surface area contributed by atoms with Crippen LogP contribution in [0.5, 0.6) is 5.75 Å². The van der Waals surface area contributed by atoms with Crippen LogP contribution in [-0.4, -0.2) is 82.3 Å². The number of carbonyl (C=O) groups excluding carboxylic acids is 2. The van der Waals surface area contributed by atoms with Crippen LogP contribution in [0, 0.1) is 17.5 Å². The van der Waals surface area contributed by atoms with Crippen LogP contribution in [0.15, 0.2) is 53.5 Å². The van der Waals surface area contributed by atoms with Crippen LogP contribution in [0.1, 0.15) is 46.4 Å². The van der Waals surface area contributed by atoms with Crippen molar-refractivity contribution in [3.05, 3.63) is 93.2 Å². The van der Waals surface area contributed by atoms with Crippen molar-refractivity contribution in [3.8, 4) is 5.75 Å². The Bertz CT molecular complexity index is 1570. The summed E-state index contributed by atoms with van der Waals surface area (Å²) in [6.45, 7) is 2.35. The molecule has 214 valence electrons. The SMILES string of the molecule is CN1CCN(C(=O)Oc2c3n(ncc2=O)[C@@H]([C@H](c2cccc(F)c2)c2cccc(F)c2F)[C@H]2CCCN2C3=O)CC1. The summed E-state index contributed by atoms with van der Waals surface area (Å²) in [6.07, 6.45) is 1.31. The van der Waals surface area contributed by atoms with Gasteiger partial charge in [0.25, 0.3) is 5.91 Å². The van der Waals surface area contributed by atoms with Crippen molar-refractivity contribution in [2.75, 3.05) is 39.8 Å². The molecule has 6 rings (SSSR count). The van der Waals surface area contributed by atoms with Crippen LogP contribution in [0.4, 0.5) is 18.0 Å². The molecule has 3 aliphatic rings. The molecule has 0 N–H and O–H groups in total. The van der Waals surface area contributed by atoms with Crippen LogP contribution in [0.25, 0.3) is 0 Å². The zero-order valence-corrected chi connectivity index (χ0v) is 22.3. The third-order valence-corrected chi connectivity index (χ3v) is 8.22. The van der Waals surface area contributed by atoms with E-state index < -0.39 is 58.6 Å². The first-order chi connectivity index (χ1) is 19.7. The van der Waals surface area contributed by atoms with E-state index in [1.165, 1.54) is 39.9 Å². The Labute approximate surface area is 233 Å². The van der Waals surface area contributed by atoms with Crippen molar-refractivity contribution in [2.24, 2.45) is 0 Å². The lowest BCUT2D eigenvalue weighted by molar-refractivity contribution is 0.0561. The molecule has 4 heterocycles. The van der Waals surface area contributed by atoms with Gasteiger partial charge in [0, 0.05) is 44.2 Å². The third-order valence-electron chi connectivity index (χ3n) is 8.22. The van der Waals surface area contributed by atoms with Crippen molar-refractivity contribution >= 4 is 12.0 Å². The summed E-state index contributed by atoms with van der Waals surface area (Å²) in [4.78, 5) is 45.0. The van der Waals surface area contributed by atoms with Crippen molar-refractivity contribution in [2.45, 2.75) is 30.8 Å². The lowest BCUT2D eigenvalue weighted by Gasteiger charge is -2.42. The predicted octanol–water partition coefficient (Wildman–Crippen LogP) is 3.40. The number of hydrogen-bond acceptors (Lipinski definition) is 6. The summed E-state index contributed by atoms with van der Waals surface area (Å²) < 4.78 is 51.4. The van der Waals surface area contributed by atoms with E-state index >= 15 is 4.39 Å². The first-order valence-electron chi connectivity index (χ1n) is 13.5. The third kappa shape index (κ3) is 4.75. The van der Waals surface area contributed by atoms with Gasteiger partial charge >= 0.3 is 6.09 Å². The molecule has 2 fully saturated rings. The van der Waals surface area contributed by atoms with Gasteiger partial charge in [-0.05, 0) is 43.7 Å².